The van der Waals surface area contributed by atoms with Gasteiger partial charge in [-0.2, -0.15) is 5.26 Å². The topological polar surface area (TPSA) is 85.4 Å². The molecule has 0 aliphatic carbocycles. The third-order valence-corrected chi connectivity index (χ3v) is 6.95. The zero-order chi connectivity index (χ0) is 26.1. The van der Waals surface area contributed by atoms with E-state index >= 15 is 0 Å². The number of aliphatic hydroxyl groups excluding tert-OH is 1. The summed E-state index contributed by atoms with van der Waals surface area (Å²) in [6.45, 7) is 1.24. The lowest BCUT2D eigenvalue weighted by molar-refractivity contribution is 0.145. The van der Waals surface area contributed by atoms with E-state index in [1.54, 1.807) is 43.4 Å². The van der Waals surface area contributed by atoms with Crippen molar-refractivity contribution >= 4 is 16.7 Å². The standard InChI is InChI=1S/C28H25F2N5O2/c1-33-24-11-10-22(15-31)32-27(24)25(14-26(33)37)35-13-12-34(16-23(35)17-36)28(18-2-6-20(29)7-3-18)19-4-8-21(30)9-5-19/h2-11,14,23,28,36H,12-13,16-17H2,1H3. The summed E-state index contributed by atoms with van der Waals surface area (Å²) in [5, 5.41) is 19.8. The van der Waals surface area contributed by atoms with Gasteiger partial charge in [0.1, 0.15) is 28.9 Å². The second-order valence-corrected chi connectivity index (χ2v) is 9.13. The minimum atomic E-state index is -0.389. The van der Waals surface area contributed by atoms with Gasteiger partial charge >= 0.3 is 0 Å². The zero-order valence-corrected chi connectivity index (χ0v) is 20.2. The van der Waals surface area contributed by atoms with E-state index in [9.17, 15) is 23.9 Å². The van der Waals surface area contributed by atoms with E-state index in [1.807, 2.05) is 11.0 Å². The molecule has 1 aliphatic rings. The Bertz CT molecular complexity index is 1480. The van der Waals surface area contributed by atoms with Crippen molar-refractivity contribution in [1.82, 2.24) is 14.5 Å². The largest absolute Gasteiger partial charge is 0.394 e. The lowest BCUT2D eigenvalue weighted by Crippen LogP contribution is -2.56. The van der Waals surface area contributed by atoms with E-state index < -0.39 is 0 Å². The van der Waals surface area contributed by atoms with Gasteiger partial charge in [-0.05, 0) is 47.5 Å². The van der Waals surface area contributed by atoms with Crippen LogP contribution in [0.15, 0.2) is 71.5 Å². The van der Waals surface area contributed by atoms with Gasteiger partial charge in [0, 0.05) is 32.7 Å². The number of fused-ring (bicyclic) bond motifs is 1. The van der Waals surface area contributed by atoms with E-state index in [0.717, 1.165) is 11.1 Å². The van der Waals surface area contributed by atoms with Crippen LogP contribution in [0.2, 0.25) is 0 Å². The Morgan fingerprint density at radius 3 is 2.22 bits per heavy atom. The van der Waals surface area contributed by atoms with Crippen molar-refractivity contribution in [3.8, 4) is 6.07 Å². The van der Waals surface area contributed by atoms with Crippen molar-refractivity contribution in [2.45, 2.75) is 12.1 Å². The molecule has 37 heavy (non-hydrogen) atoms. The highest BCUT2D eigenvalue weighted by atomic mass is 19.1. The monoisotopic (exact) mass is 501 g/mol. The number of anilines is 1. The highest BCUT2D eigenvalue weighted by Crippen LogP contribution is 2.33. The van der Waals surface area contributed by atoms with Crippen LogP contribution in [-0.4, -0.2) is 51.8 Å². The number of benzene rings is 2. The molecule has 1 N–H and O–H groups in total. The van der Waals surface area contributed by atoms with Crippen molar-refractivity contribution in [3.63, 3.8) is 0 Å². The van der Waals surface area contributed by atoms with E-state index in [4.69, 9.17) is 0 Å². The number of halogens is 2. The number of hydrogen-bond acceptors (Lipinski definition) is 6. The van der Waals surface area contributed by atoms with Gasteiger partial charge in [-0.1, -0.05) is 24.3 Å². The van der Waals surface area contributed by atoms with Gasteiger partial charge < -0.3 is 14.6 Å². The smallest absolute Gasteiger partial charge is 0.252 e. The van der Waals surface area contributed by atoms with Crippen molar-refractivity contribution < 1.29 is 13.9 Å². The van der Waals surface area contributed by atoms with Crippen LogP contribution in [0.3, 0.4) is 0 Å². The normalized spacial score (nSPS) is 16.3. The molecule has 0 amide bonds. The third-order valence-electron chi connectivity index (χ3n) is 6.95. The molecule has 4 aromatic rings. The fraction of sp³-hybridized carbons (Fsp3) is 0.250. The highest BCUT2D eigenvalue weighted by Gasteiger charge is 2.33. The number of piperazine rings is 1. The molecular formula is C28H25F2N5O2. The number of pyridine rings is 2. The summed E-state index contributed by atoms with van der Waals surface area (Å²) in [6, 6.07) is 18.6. The number of aliphatic hydroxyl groups is 1. The first-order valence-electron chi connectivity index (χ1n) is 11.9. The maximum Gasteiger partial charge on any atom is 0.252 e. The average molecular weight is 502 g/mol. The number of nitriles is 1. The van der Waals surface area contributed by atoms with Crippen molar-refractivity contribution in [3.05, 3.63) is 106 Å². The molecule has 2 aromatic heterocycles. The van der Waals surface area contributed by atoms with E-state index in [-0.39, 0.29) is 41.6 Å². The molecule has 1 fully saturated rings. The molecule has 9 heteroatoms. The molecule has 1 unspecified atom stereocenters. The van der Waals surface area contributed by atoms with E-state index in [1.165, 1.54) is 34.9 Å². The second-order valence-electron chi connectivity index (χ2n) is 9.13. The average Bonchev–Trinajstić information content (AvgIpc) is 2.92. The van der Waals surface area contributed by atoms with Crippen LogP contribution in [0.25, 0.3) is 11.0 Å². The minimum absolute atomic E-state index is 0.190. The molecular weight excluding hydrogens is 476 g/mol. The van der Waals surface area contributed by atoms with Crippen LogP contribution < -0.4 is 10.5 Å². The van der Waals surface area contributed by atoms with Gasteiger partial charge in [-0.15, -0.1) is 0 Å². The Labute approximate surface area is 212 Å². The molecule has 7 nitrogen and oxygen atoms in total. The van der Waals surface area contributed by atoms with Gasteiger partial charge in [-0.3, -0.25) is 9.69 Å². The van der Waals surface area contributed by atoms with Crippen LogP contribution in [-0.2, 0) is 7.05 Å². The number of hydrogen-bond donors (Lipinski definition) is 1. The first kappa shape index (κ1) is 24.6. The Morgan fingerprint density at radius 2 is 1.65 bits per heavy atom. The number of nitrogens with zero attached hydrogens (tertiary/aromatic N) is 5. The van der Waals surface area contributed by atoms with Crippen LogP contribution >= 0.6 is 0 Å². The molecule has 0 radical (unpaired) electrons. The molecule has 0 saturated carbocycles. The fourth-order valence-electron chi connectivity index (χ4n) is 5.08. The first-order chi connectivity index (χ1) is 17.9. The van der Waals surface area contributed by atoms with Crippen LogP contribution in [0, 0.1) is 23.0 Å². The summed E-state index contributed by atoms with van der Waals surface area (Å²) in [4.78, 5) is 21.4. The Morgan fingerprint density at radius 1 is 1.03 bits per heavy atom. The SMILES string of the molecule is Cn1c(=O)cc(N2CCN(C(c3ccc(F)cc3)c3ccc(F)cc3)CC2CO)c2nc(C#N)ccc21. The van der Waals surface area contributed by atoms with Crippen LogP contribution in [0.4, 0.5) is 14.5 Å². The zero-order valence-electron chi connectivity index (χ0n) is 20.2. The summed E-state index contributed by atoms with van der Waals surface area (Å²) in [7, 11) is 1.65. The predicted octanol–water partition coefficient (Wildman–Crippen LogP) is 3.36. The summed E-state index contributed by atoms with van der Waals surface area (Å²) in [6.07, 6.45) is 0. The Balaban J connectivity index is 1.54. The molecule has 1 saturated heterocycles. The molecule has 0 spiro atoms. The summed E-state index contributed by atoms with van der Waals surface area (Å²) in [5.74, 6) is -0.692. The van der Waals surface area contributed by atoms with Gasteiger partial charge in [-0.25, -0.2) is 13.8 Å². The van der Waals surface area contributed by atoms with E-state index in [2.05, 4.69) is 9.88 Å². The molecule has 188 valence electrons. The maximum absolute atomic E-state index is 13.7. The summed E-state index contributed by atoms with van der Waals surface area (Å²) >= 11 is 0. The van der Waals surface area contributed by atoms with Crippen molar-refractivity contribution in [2.24, 2.45) is 7.05 Å². The number of aromatic nitrogens is 2. The van der Waals surface area contributed by atoms with Gasteiger partial charge in [0.2, 0.25) is 0 Å². The molecule has 0 bridgehead atoms. The van der Waals surface area contributed by atoms with Gasteiger partial charge in [0.05, 0.1) is 29.9 Å². The lowest BCUT2D eigenvalue weighted by Gasteiger charge is -2.45. The Hall–Kier alpha value is -4.13. The molecule has 2 aromatic carbocycles. The van der Waals surface area contributed by atoms with Crippen molar-refractivity contribution in [1.29, 1.82) is 5.26 Å². The number of rotatable bonds is 5. The quantitative estimate of drug-likeness (QED) is 0.452. The first-order valence-corrected chi connectivity index (χ1v) is 11.9. The maximum atomic E-state index is 13.7. The van der Waals surface area contributed by atoms with Crippen LogP contribution in [0.5, 0.6) is 0 Å². The molecule has 5 rings (SSSR count). The Kier molecular flexibility index (Phi) is 6.70. The van der Waals surface area contributed by atoms with Gasteiger partial charge in [0.15, 0.2) is 0 Å². The summed E-state index contributed by atoms with van der Waals surface area (Å²) in [5.41, 5.74) is 3.38. The second kappa shape index (κ2) is 10.1. The predicted molar refractivity (Wildman–Crippen MR) is 136 cm³/mol. The molecule has 3 heterocycles. The molecule has 1 aliphatic heterocycles. The third kappa shape index (κ3) is 4.69. The highest BCUT2D eigenvalue weighted by molar-refractivity contribution is 5.89. The van der Waals surface area contributed by atoms with E-state index in [0.29, 0.717) is 36.4 Å². The minimum Gasteiger partial charge on any atom is -0.394 e. The molecule has 1 atom stereocenters. The lowest BCUT2D eigenvalue weighted by atomic mass is 9.95. The number of aryl methyl sites for hydroxylation is 1. The van der Waals surface area contributed by atoms with Crippen LogP contribution in [0.1, 0.15) is 22.9 Å². The fourth-order valence-corrected chi connectivity index (χ4v) is 5.08. The summed E-state index contributed by atoms with van der Waals surface area (Å²) < 4.78 is 28.9. The van der Waals surface area contributed by atoms with Gasteiger partial charge in [0.25, 0.3) is 5.56 Å². The van der Waals surface area contributed by atoms with Crippen molar-refractivity contribution in [2.75, 3.05) is 31.1 Å².